The van der Waals surface area contributed by atoms with E-state index in [1.165, 1.54) is 0 Å². The molecule has 0 spiro atoms. The molecule has 0 aromatic carbocycles. The van der Waals surface area contributed by atoms with Gasteiger partial charge in [-0.1, -0.05) is 33.6 Å². The van der Waals surface area contributed by atoms with Crippen LogP contribution in [0.3, 0.4) is 0 Å². The summed E-state index contributed by atoms with van der Waals surface area (Å²) < 4.78 is 31.5. The second kappa shape index (κ2) is 8.58. The first-order valence-electron chi connectivity index (χ1n) is 8.12. The van der Waals surface area contributed by atoms with Crippen molar-refractivity contribution >= 4 is 8.32 Å². The minimum atomic E-state index is -2.59. The smallest absolute Gasteiger partial charge is 0.245 e. The van der Waals surface area contributed by atoms with Crippen LogP contribution in [-0.2, 0) is 4.43 Å². The molecule has 0 aliphatic heterocycles. The fourth-order valence-corrected chi connectivity index (χ4v) is 2.90. The van der Waals surface area contributed by atoms with Gasteiger partial charge >= 0.3 is 0 Å². The van der Waals surface area contributed by atoms with Crippen LogP contribution in [0.5, 0.6) is 0 Å². The molecule has 1 unspecified atom stereocenters. The second-order valence-corrected chi connectivity index (χ2v) is 12.6. The number of alkyl halides is 2. The first-order valence-corrected chi connectivity index (χ1v) is 11.0. The van der Waals surface area contributed by atoms with Gasteiger partial charge in [0.25, 0.3) is 0 Å². The first kappa shape index (κ1) is 21.0. The highest BCUT2D eigenvalue weighted by atomic mass is 28.4. The lowest BCUT2D eigenvalue weighted by Crippen LogP contribution is -2.40. The van der Waals surface area contributed by atoms with Crippen molar-refractivity contribution in [3.8, 4) is 0 Å². The van der Waals surface area contributed by atoms with Crippen molar-refractivity contribution < 1.29 is 13.2 Å². The molecule has 0 rings (SSSR count). The molecule has 21 heavy (non-hydrogen) atoms. The van der Waals surface area contributed by atoms with Gasteiger partial charge in [-0.05, 0) is 44.3 Å². The van der Waals surface area contributed by atoms with Gasteiger partial charge in [0, 0.05) is 19.1 Å². The molecular weight excluding hydrogens is 288 g/mol. The zero-order valence-electron chi connectivity index (χ0n) is 14.8. The Balaban J connectivity index is 3.65. The molecule has 1 atom stereocenters. The number of hydrogen-bond acceptors (Lipinski definition) is 2. The van der Waals surface area contributed by atoms with E-state index in [0.717, 1.165) is 39.2 Å². The number of nitrogens with two attached hydrogens (primary N) is 1. The minimum Gasteiger partial charge on any atom is -0.417 e. The van der Waals surface area contributed by atoms with Crippen LogP contribution in [0.25, 0.3) is 0 Å². The lowest BCUT2D eigenvalue weighted by Gasteiger charge is -2.36. The first-order chi connectivity index (χ1) is 9.35. The molecule has 0 saturated heterocycles. The predicted molar refractivity (Wildman–Crippen MR) is 89.4 cm³/mol. The van der Waals surface area contributed by atoms with Crippen molar-refractivity contribution in [2.75, 3.05) is 6.61 Å². The third kappa shape index (κ3) is 10.4. The predicted octanol–water partition coefficient (Wildman–Crippen LogP) is 5.33. The summed E-state index contributed by atoms with van der Waals surface area (Å²) in [6.45, 7) is 13.0. The molecule has 2 nitrogen and oxygen atoms in total. The van der Waals surface area contributed by atoms with E-state index in [2.05, 4.69) is 33.9 Å². The van der Waals surface area contributed by atoms with E-state index < -0.39 is 14.2 Å². The van der Waals surface area contributed by atoms with Crippen LogP contribution in [0.4, 0.5) is 8.78 Å². The van der Waals surface area contributed by atoms with E-state index in [0.29, 0.717) is 6.42 Å². The molecule has 0 bridgehead atoms. The summed E-state index contributed by atoms with van der Waals surface area (Å²) in [6.07, 6.45) is 4.22. The summed E-state index contributed by atoms with van der Waals surface area (Å²) in [4.78, 5) is 0. The van der Waals surface area contributed by atoms with Crippen molar-refractivity contribution in [2.45, 2.75) is 96.3 Å². The van der Waals surface area contributed by atoms with Crippen molar-refractivity contribution in [1.82, 2.24) is 0 Å². The number of hydrogen-bond donors (Lipinski definition) is 1. The average molecular weight is 324 g/mol. The van der Waals surface area contributed by atoms with Crippen LogP contribution in [-0.4, -0.2) is 26.9 Å². The Kier molecular flexibility index (Phi) is 8.58. The molecule has 2 N–H and O–H groups in total. The Bertz CT molecular complexity index is 285. The molecule has 0 radical (unpaired) electrons. The number of rotatable bonds is 10. The van der Waals surface area contributed by atoms with E-state index in [1.807, 2.05) is 0 Å². The fourth-order valence-electron chi connectivity index (χ4n) is 1.81. The Hall–Kier alpha value is -0.00312. The molecule has 0 fully saturated rings. The highest BCUT2D eigenvalue weighted by Gasteiger charge is 2.36. The van der Waals surface area contributed by atoms with Crippen LogP contribution in [0.15, 0.2) is 0 Å². The van der Waals surface area contributed by atoms with Gasteiger partial charge in [-0.15, -0.1) is 0 Å². The highest BCUT2D eigenvalue weighted by Crippen LogP contribution is 2.36. The molecule has 0 aliphatic carbocycles. The quantitative estimate of drug-likeness (QED) is 0.435. The topological polar surface area (TPSA) is 35.2 Å². The van der Waals surface area contributed by atoms with Gasteiger partial charge in [0.05, 0.1) is 0 Å². The average Bonchev–Trinajstić information content (AvgIpc) is 2.28. The molecule has 0 amide bonds. The summed E-state index contributed by atoms with van der Waals surface area (Å²) >= 11 is 0. The van der Waals surface area contributed by atoms with E-state index >= 15 is 0 Å². The van der Waals surface area contributed by atoms with Crippen molar-refractivity contribution in [3.05, 3.63) is 0 Å². The van der Waals surface area contributed by atoms with E-state index in [-0.39, 0.29) is 17.5 Å². The summed E-state index contributed by atoms with van der Waals surface area (Å²) in [6, 6.07) is -0.0999. The molecule has 128 valence electrons. The number of unbranched alkanes of at least 4 members (excludes halogenated alkanes) is 2. The Morgan fingerprint density at radius 1 is 1.00 bits per heavy atom. The zero-order valence-corrected chi connectivity index (χ0v) is 15.8. The standard InChI is InChI=1S/C16H35F2NOSi/c1-15(2,3)21(5,6)20-13-9-7-8-10-14(19)11-12-16(4,17)18/h14H,7-13,19H2,1-6H3. The summed E-state index contributed by atoms with van der Waals surface area (Å²) in [5, 5.41) is 0.251. The molecule has 0 aliphatic rings. The second-order valence-electron chi connectivity index (χ2n) is 7.83. The van der Waals surface area contributed by atoms with Gasteiger partial charge in [0.1, 0.15) is 0 Å². The molecule has 0 aromatic heterocycles. The molecular formula is C16H35F2NOSi. The normalized spacial score (nSPS) is 15.3. The zero-order chi connectivity index (χ0) is 16.7. The largest absolute Gasteiger partial charge is 0.417 e. The van der Waals surface area contributed by atoms with Gasteiger partial charge in [-0.25, -0.2) is 8.78 Å². The van der Waals surface area contributed by atoms with E-state index in [9.17, 15) is 8.78 Å². The van der Waals surface area contributed by atoms with Crippen LogP contribution in [0.2, 0.25) is 18.1 Å². The van der Waals surface area contributed by atoms with E-state index in [1.54, 1.807) is 0 Å². The van der Waals surface area contributed by atoms with Gasteiger partial charge < -0.3 is 10.2 Å². The van der Waals surface area contributed by atoms with Crippen molar-refractivity contribution in [3.63, 3.8) is 0 Å². The molecule has 0 aromatic rings. The summed E-state index contributed by atoms with van der Waals surface area (Å²) in [5.41, 5.74) is 5.86. The Labute approximate surface area is 131 Å². The Morgan fingerprint density at radius 2 is 1.57 bits per heavy atom. The highest BCUT2D eigenvalue weighted by molar-refractivity contribution is 6.74. The van der Waals surface area contributed by atoms with Crippen molar-refractivity contribution in [2.24, 2.45) is 5.73 Å². The molecule has 0 saturated carbocycles. The van der Waals surface area contributed by atoms with Gasteiger partial charge in [0.2, 0.25) is 5.92 Å². The van der Waals surface area contributed by atoms with Gasteiger partial charge in [0.15, 0.2) is 8.32 Å². The van der Waals surface area contributed by atoms with Crippen LogP contribution < -0.4 is 5.73 Å². The van der Waals surface area contributed by atoms with Crippen LogP contribution in [0, 0.1) is 0 Å². The fraction of sp³-hybridized carbons (Fsp3) is 1.00. The lowest BCUT2D eigenvalue weighted by atomic mass is 10.0. The molecule has 0 heterocycles. The Morgan fingerprint density at radius 3 is 2.05 bits per heavy atom. The maximum absolute atomic E-state index is 12.7. The monoisotopic (exact) mass is 323 g/mol. The maximum Gasteiger partial charge on any atom is 0.245 e. The van der Waals surface area contributed by atoms with Gasteiger partial charge in [-0.2, -0.15) is 0 Å². The van der Waals surface area contributed by atoms with Crippen LogP contribution in [0.1, 0.15) is 66.2 Å². The van der Waals surface area contributed by atoms with Crippen LogP contribution >= 0.6 is 0 Å². The summed E-state index contributed by atoms with van der Waals surface area (Å²) in [7, 11) is -1.63. The van der Waals surface area contributed by atoms with Gasteiger partial charge in [-0.3, -0.25) is 0 Å². The van der Waals surface area contributed by atoms with E-state index in [4.69, 9.17) is 10.2 Å². The maximum atomic E-state index is 12.7. The minimum absolute atomic E-state index is 0.0999. The number of halogens is 2. The SMILES string of the molecule is CC(F)(F)CCC(N)CCCCCO[Si](C)(C)C(C)(C)C. The third-order valence-electron chi connectivity index (χ3n) is 4.44. The van der Waals surface area contributed by atoms with Crippen molar-refractivity contribution in [1.29, 1.82) is 0 Å². The lowest BCUT2D eigenvalue weighted by molar-refractivity contribution is 0.00902. The molecule has 5 heteroatoms. The third-order valence-corrected chi connectivity index (χ3v) is 8.98. The summed E-state index contributed by atoms with van der Waals surface area (Å²) in [5.74, 6) is -2.59.